The first-order valence-corrected chi connectivity index (χ1v) is 4.99. The molecule has 0 aliphatic heterocycles. The molecule has 0 bridgehead atoms. The van der Waals surface area contributed by atoms with Gasteiger partial charge in [0.05, 0.1) is 6.42 Å². The lowest BCUT2D eigenvalue weighted by Gasteiger charge is -2.06. The maximum atomic E-state index is 11.5. The normalized spacial score (nSPS) is 12.1. The van der Waals surface area contributed by atoms with Crippen LogP contribution in [0.4, 0.5) is 0 Å². The van der Waals surface area contributed by atoms with Gasteiger partial charge in [-0.3, -0.25) is 9.59 Å². The first-order valence-electron chi connectivity index (χ1n) is 4.20. The maximum Gasteiger partial charge on any atom is 0.306 e. The van der Waals surface area contributed by atoms with E-state index in [0.29, 0.717) is 4.47 Å². The Bertz CT molecular complexity index is 389. The highest BCUT2D eigenvalue weighted by atomic mass is 79.9. The molecular weight excluding hydrogens is 264 g/mol. The molecule has 0 aliphatic carbocycles. The van der Waals surface area contributed by atoms with E-state index in [1.54, 1.807) is 12.1 Å². The van der Waals surface area contributed by atoms with Gasteiger partial charge in [-0.05, 0) is 12.1 Å². The molecule has 15 heavy (non-hydrogen) atoms. The summed E-state index contributed by atoms with van der Waals surface area (Å²) in [6.07, 6.45) is -2.07. The molecule has 1 atom stereocenters. The van der Waals surface area contributed by atoms with E-state index < -0.39 is 24.3 Å². The van der Waals surface area contributed by atoms with Gasteiger partial charge in [0.25, 0.3) is 0 Å². The molecule has 0 radical (unpaired) electrons. The van der Waals surface area contributed by atoms with E-state index in [1.165, 1.54) is 12.1 Å². The second kappa shape index (κ2) is 5.04. The van der Waals surface area contributed by atoms with Crippen molar-refractivity contribution < 1.29 is 19.8 Å². The first-order chi connectivity index (χ1) is 7.00. The van der Waals surface area contributed by atoms with Gasteiger partial charge in [-0.1, -0.05) is 28.1 Å². The van der Waals surface area contributed by atoms with Crippen LogP contribution in [0.1, 0.15) is 16.8 Å². The predicted octanol–water partition coefficient (Wildman–Crippen LogP) is 1.47. The van der Waals surface area contributed by atoms with Crippen LogP contribution in [0.3, 0.4) is 0 Å². The number of carboxylic acid groups (broad SMARTS) is 1. The Morgan fingerprint density at radius 1 is 1.40 bits per heavy atom. The number of carbonyl (C=O) groups excluding carboxylic acids is 1. The van der Waals surface area contributed by atoms with E-state index in [0.717, 1.165) is 0 Å². The van der Waals surface area contributed by atoms with Crippen molar-refractivity contribution in [1.29, 1.82) is 0 Å². The van der Waals surface area contributed by atoms with Crippen LogP contribution in [-0.2, 0) is 4.79 Å². The van der Waals surface area contributed by atoms with E-state index in [1.807, 2.05) is 0 Å². The number of benzene rings is 1. The molecule has 1 aromatic carbocycles. The number of Topliss-reactive ketones (excluding diaryl/α,β-unsaturated/α-hetero) is 1. The average Bonchev–Trinajstić information content (AvgIpc) is 2.15. The highest BCUT2D eigenvalue weighted by molar-refractivity contribution is 9.10. The van der Waals surface area contributed by atoms with Crippen molar-refractivity contribution in [3.8, 4) is 0 Å². The van der Waals surface area contributed by atoms with Crippen LogP contribution < -0.4 is 0 Å². The average molecular weight is 273 g/mol. The third-order valence-electron chi connectivity index (χ3n) is 1.78. The Morgan fingerprint density at radius 2 is 2.07 bits per heavy atom. The zero-order valence-electron chi connectivity index (χ0n) is 7.68. The second-order valence-electron chi connectivity index (χ2n) is 2.99. The number of aliphatic carboxylic acids is 1. The van der Waals surface area contributed by atoms with Crippen molar-refractivity contribution in [2.75, 3.05) is 0 Å². The molecular formula is C10H9BrO4. The fraction of sp³-hybridized carbons (Fsp3) is 0.200. The number of ketones is 1. The van der Waals surface area contributed by atoms with Gasteiger partial charge in [0, 0.05) is 10.0 Å². The number of hydrogen-bond acceptors (Lipinski definition) is 3. The smallest absolute Gasteiger partial charge is 0.306 e. The molecule has 1 aromatic rings. The van der Waals surface area contributed by atoms with Gasteiger partial charge < -0.3 is 10.2 Å². The fourth-order valence-electron chi connectivity index (χ4n) is 1.09. The largest absolute Gasteiger partial charge is 0.481 e. The van der Waals surface area contributed by atoms with Crippen molar-refractivity contribution >= 4 is 27.7 Å². The molecule has 1 rings (SSSR count). The van der Waals surface area contributed by atoms with Crippen LogP contribution in [0, 0.1) is 0 Å². The third kappa shape index (κ3) is 3.45. The van der Waals surface area contributed by atoms with Crippen LogP contribution in [0.5, 0.6) is 0 Å². The molecule has 4 nitrogen and oxygen atoms in total. The lowest BCUT2D eigenvalue weighted by atomic mass is 10.0. The first kappa shape index (κ1) is 11.9. The van der Waals surface area contributed by atoms with Gasteiger partial charge >= 0.3 is 5.97 Å². The lowest BCUT2D eigenvalue weighted by molar-refractivity contribution is -0.138. The summed E-state index contributed by atoms with van der Waals surface area (Å²) in [6.45, 7) is 0. The van der Waals surface area contributed by atoms with Gasteiger partial charge in [0.15, 0.2) is 5.78 Å². The zero-order chi connectivity index (χ0) is 11.4. The monoisotopic (exact) mass is 272 g/mol. The molecule has 0 aromatic heterocycles. The molecule has 0 amide bonds. The predicted molar refractivity (Wildman–Crippen MR) is 56.7 cm³/mol. The lowest BCUT2D eigenvalue weighted by Crippen LogP contribution is -2.23. The molecule has 0 saturated carbocycles. The van der Waals surface area contributed by atoms with Crippen LogP contribution in [0.2, 0.25) is 0 Å². The van der Waals surface area contributed by atoms with Crippen LogP contribution >= 0.6 is 15.9 Å². The van der Waals surface area contributed by atoms with Gasteiger partial charge in [0.2, 0.25) is 0 Å². The van der Waals surface area contributed by atoms with Crippen LogP contribution in [-0.4, -0.2) is 28.1 Å². The third-order valence-corrected chi connectivity index (χ3v) is 2.27. The molecule has 0 spiro atoms. The number of halogens is 1. The summed E-state index contributed by atoms with van der Waals surface area (Å²) in [5, 5.41) is 17.7. The van der Waals surface area contributed by atoms with E-state index >= 15 is 0 Å². The van der Waals surface area contributed by atoms with Gasteiger partial charge in [-0.15, -0.1) is 0 Å². The summed E-state index contributed by atoms with van der Waals surface area (Å²) in [5.41, 5.74) is 0.290. The summed E-state index contributed by atoms with van der Waals surface area (Å²) in [7, 11) is 0. The van der Waals surface area contributed by atoms with E-state index in [-0.39, 0.29) is 5.56 Å². The Balaban J connectivity index is 2.80. The van der Waals surface area contributed by atoms with E-state index in [9.17, 15) is 14.7 Å². The number of rotatable bonds is 4. The molecule has 2 N–H and O–H groups in total. The Kier molecular flexibility index (Phi) is 3.99. The summed E-state index contributed by atoms with van der Waals surface area (Å²) in [5.74, 6) is -1.79. The minimum absolute atomic E-state index is 0.290. The van der Waals surface area contributed by atoms with Crippen molar-refractivity contribution in [3.05, 3.63) is 34.3 Å². The second-order valence-corrected chi connectivity index (χ2v) is 3.90. The van der Waals surface area contributed by atoms with E-state index in [4.69, 9.17) is 5.11 Å². The quantitative estimate of drug-likeness (QED) is 0.814. The maximum absolute atomic E-state index is 11.5. The Morgan fingerprint density at radius 3 is 2.60 bits per heavy atom. The van der Waals surface area contributed by atoms with Crippen molar-refractivity contribution in [2.45, 2.75) is 12.5 Å². The number of carboxylic acids is 1. The van der Waals surface area contributed by atoms with Crippen LogP contribution in [0.25, 0.3) is 0 Å². The molecule has 5 heteroatoms. The van der Waals surface area contributed by atoms with Crippen LogP contribution in [0.15, 0.2) is 28.7 Å². The molecule has 0 heterocycles. The minimum Gasteiger partial charge on any atom is -0.481 e. The topological polar surface area (TPSA) is 74.6 Å². The number of hydrogen-bond donors (Lipinski definition) is 2. The highest BCUT2D eigenvalue weighted by Crippen LogP contribution is 2.14. The zero-order valence-corrected chi connectivity index (χ0v) is 9.27. The van der Waals surface area contributed by atoms with Crippen molar-refractivity contribution in [3.63, 3.8) is 0 Å². The summed E-state index contributed by atoms with van der Waals surface area (Å²) in [6, 6.07) is 6.44. The molecule has 0 saturated heterocycles. The van der Waals surface area contributed by atoms with E-state index in [2.05, 4.69) is 15.9 Å². The van der Waals surface area contributed by atoms with Crippen molar-refractivity contribution in [2.24, 2.45) is 0 Å². The Hall–Kier alpha value is -1.20. The summed E-state index contributed by atoms with van der Waals surface area (Å²) >= 11 is 3.18. The van der Waals surface area contributed by atoms with Gasteiger partial charge in [0.1, 0.15) is 6.10 Å². The SMILES string of the molecule is O=C(O)CC(O)C(=O)c1cccc(Br)c1. The standard InChI is InChI=1S/C10H9BrO4/c11-7-3-1-2-6(4-7)10(15)8(12)5-9(13)14/h1-4,8,12H,5H2,(H,13,14). The number of aliphatic hydroxyl groups excluding tert-OH is 1. The van der Waals surface area contributed by atoms with Gasteiger partial charge in [-0.2, -0.15) is 0 Å². The molecule has 80 valence electrons. The van der Waals surface area contributed by atoms with Gasteiger partial charge in [-0.25, -0.2) is 0 Å². The molecule has 0 fully saturated rings. The highest BCUT2D eigenvalue weighted by Gasteiger charge is 2.19. The Labute approximate surface area is 94.7 Å². The minimum atomic E-state index is -1.49. The summed E-state index contributed by atoms with van der Waals surface area (Å²) in [4.78, 5) is 21.8. The van der Waals surface area contributed by atoms with Crippen molar-refractivity contribution in [1.82, 2.24) is 0 Å². The summed E-state index contributed by atoms with van der Waals surface area (Å²) < 4.78 is 0.705. The molecule has 1 unspecified atom stereocenters. The number of aliphatic hydroxyl groups is 1. The number of carbonyl (C=O) groups is 2. The molecule has 0 aliphatic rings. The fourth-order valence-corrected chi connectivity index (χ4v) is 1.49.